The largest absolute Gasteiger partial charge is 0.467 e. The van der Waals surface area contributed by atoms with Gasteiger partial charge in [0.1, 0.15) is 18.6 Å². The second-order valence-electron chi connectivity index (χ2n) is 3.77. The minimum Gasteiger partial charge on any atom is -0.467 e. The van der Waals surface area contributed by atoms with Crippen molar-refractivity contribution in [2.45, 2.75) is 6.42 Å². The summed E-state index contributed by atoms with van der Waals surface area (Å²) < 4.78 is 15.2. The molecule has 1 heterocycles. The second-order valence-corrected chi connectivity index (χ2v) is 3.77. The van der Waals surface area contributed by atoms with Crippen LogP contribution in [-0.4, -0.2) is 19.9 Å². The summed E-state index contributed by atoms with van der Waals surface area (Å²) in [5.41, 5.74) is 1.17. The lowest BCUT2D eigenvalue weighted by Gasteiger charge is -2.15. The SMILES string of the molecule is O=COCC(Cc1ccccc1)C1=COCO1. The molecule has 90 valence electrons. The Bertz CT molecular complexity index is 386. The lowest BCUT2D eigenvalue weighted by molar-refractivity contribution is -0.129. The fraction of sp³-hybridized carbons (Fsp3) is 0.308. The van der Waals surface area contributed by atoms with Gasteiger partial charge in [0.05, 0.1) is 5.92 Å². The van der Waals surface area contributed by atoms with E-state index in [1.54, 1.807) is 6.26 Å². The van der Waals surface area contributed by atoms with Crippen molar-refractivity contribution in [3.05, 3.63) is 47.9 Å². The molecule has 1 aromatic rings. The monoisotopic (exact) mass is 234 g/mol. The first-order valence-corrected chi connectivity index (χ1v) is 5.44. The maximum Gasteiger partial charge on any atom is 0.293 e. The number of hydrogen-bond acceptors (Lipinski definition) is 4. The molecule has 0 fully saturated rings. The minimum atomic E-state index is 0.00472. The van der Waals surface area contributed by atoms with E-state index in [0.717, 1.165) is 12.2 Å². The van der Waals surface area contributed by atoms with Gasteiger partial charge in [-0.25, -0.2) is 0 Å². The van der Waals surface area contributed by atoms with Crippen molar-refractivity contribution in [1.82, 2.24) is 0 Å². The van der Waals surface area contributed by atoms with Gasteiger partial charge in [-0.1, -0.05) is 30.3 Å². The van der Waals surface area contributed by atoms with Crippen molar-refractivity contribution in [3.8, 4) is 0 Å². The molecule has 1 atom stereocenters. The Labute approximate surface area is 99.8 Å². The van der Waals surface area contributed by atoms with E-state index in [-0.39, 0.29) is 12.7 Å². The molecule has 0 bridgehead atoms. The summed E-state index contributed by atoms with van der Waals surface area (Å²) in [5, 5.41) is 0. The zero-order valence-corrected chi connectivity index (χ0v) is 9.37. The van der Waals surface area contributed by atoms with Crippen LogP contribution >= 0.6 is 0 Å². The molecule has 1 aromatic carbocycles. The number of benzene rings is 1. The summed E-state index contributed by atoms with van der Waals surface area (Å²) in [6, 6.07) is 9.99. The molecular formula is C13H14O4. The van der Waals surface area contributed by atoms with Gasteiger partial charge in [0.25, 0.3) is 6.47 Å². The van der Waals surface area contributed by atoms with Crippen LogP contribution in [0.15, 0.2) is 42.4 Å². The van der Waals surface area contributed by atoms with Gasteiger partial charge in [0.15, 0.2) is 0 Å². The number of rotatable bonds is 6. The average molecular weight is 234 g/mol. The molecular weight excluding hydrogens is 220 g/mol. The first-order chi connectivity index (χ1) is 8.40. The van der Waals surface area contributed by atoms with E-state index in [1.807, 2.05) is 30.3 Å². The molecule has 0 saturated heterocycles. The van der Waals surface area contributed by atoms with Gasteiger partial charge in [-0.3, -0.25) is 4.79 Å². The third kappa shape index (κ3) is 3.24. The Morgan fingerprint density at radius 3 is 2.82 bits per heavy atom. The van der Waals surface area contributed by atoms with Crippen LogP contribution in [0.1, 0.15) is 5.56 Å². The van der Waals surface area contributed by atoms with Crippen LogP contribution in [0, 0.1) is 5.92 Å². The van der Waals surface area contributed by atoms with Crippen LogP contribution in [0.4, 0.5) is 0 Å². The zero-order chi connectivity index (χ0) is 11.9. The summed E-state index contributed by atoms with van der Waals surface area (Å²) in [4.78, 5) is 10.3. The standard InChI is InChI=1S/C13H14O4/c14-9-15-7-12(13-8-16-10-17-13)6-11-4-2-1-3-5-11/h1-5,8-9,12H,6-7,10H2. The van der Waals surface area contributed by atoms with Crippen LogP contribution < -0.4 is 0 Å². The van der Waals surface area contributed by atoms with Gasteiger partial charge < -0.3 is 14.2 Å². The van der Waals surface area contributed by atoms with E-state index >= 15 is 0 Å². The van der Waals surface area contributed by atoms with Gasteiger partial charge in [0.2, 0.25) is 6.79 Å². The van der Waals surface area contributed by atoms with Crippen LogP contribution in [0.5, 0.6) is 0 Å². The van der Waals surface area contributed by atoms with Crippen molar-refractivity contribution in [3.63, 3.8) is 0 Å². The Balaban J connectivity index is 2.02. The fourth-order valence-corrected chi connectivity index (χ4v) is 1.76. The van der Waals surface area contributed by atoms with Crippen LogP contribution in [-0.2, 0) is 25.4 Å². The lowest BCUT2D eigenvalue weighted by atomic mass is 9.98. The van der Waals surface area contributed by atoms with Crippen molar-refractivity contribution >= 4 is 6.47 Å². The van der Waals surface area contributed by atoms with Crippen LogP contribution in [0.25, 0.3) is 0 Å². The normalized spacial score (nSPS) is 15.4. The lowest BCUT2D eigenvalue weighted by Crippen LogP contribution is -2.15. The molecule has 17 heavy (non-hydrogen) atoms. The summed E-state index contributed by atoms with van der Waals surface area (Å²) in [7, 11) is 0. The molecule has 2 rings (SSSR count). The topological polar surface area (TPSA) is 44.8 Å². The van der Waals surface area contributed by atoms with E-state index in [4.69, 9.17) is 14.2 Å². The predicted octanol–water partition coefficient (Wildman–Crippen LogP) is 1.86. The second kappa shape index (κ2) is 5.94. The van der Waals surface area contributed by atoms with Crippen molar-refractivity contribution in [1.29, 1.82) is 0 Å². The predicted molar refractivity (Wildman–Crippen MR) is 60.8 cm³/mol. The first-order valence-electron chi connectivity index (χ1n) is 5.44. The maximum absolute atomic E-state index is 10.3. The van der Waals surface area contributed by atoms with Crippen molar-refractivity contribution in [2.75, 3.05) is 13.4 Å². The van der Waals surface area contributed by atoms with Crippen LogP contribution in [0.3, 0.4) is 0 Å². The highest BCUT2D eigenvalue weighted by atomic mass is 16.7. The fourth-order valence-electron chi connectivity index (χ4n) is 1.76. The van der Waals surface area contributed by atoms with Crippen LogP contribution in [0.2, 0.25) is 0 Å². The number of carbonyl (C=O) groups is 1. The van der Waals surface area contributed by atoms with Crippen molar-refractivity contribution < 1.29 is 19.0 Å². The van der Waals surface area contributed by atoms with Gasteiger partial charge in [0, 0.05) is 0 Å². The molecule has 0 radical (unpaired) electrons. The molecule has 4 heteroatoms. The van der Waals surface area contributed by atoms with E-state index in [2.05, 4.69) is 0 Å². The zero-order valence-electron chi connectivity index (χ0n) is 9.37. The van der Waals surface area contributed by atoms with Gasteiger partial charge >= 0.3 is 0 Å². The maximum atomic E-state index is 10.3. The molecule has 0 spiro atoms. The number of ether oxygens (including phenoxy) is 3. The smallest absolute Gasteiger partial charge is 0.293 e. The molecule has 0 aliphatic carbocycles. The summed E-state index contributed by atoms with van der Waals surface area (Å²) in [6.45, 7) is 0.990. The molecule has 1 aliphatic heterocycles. The highest BCUT2D eigenvalue weighted by molar-refractivity contribution is 5.37. The molecule has 1 aliphatic rings. The van der Waals surface area contributed by atoms with Gasteiger partial charge in [-0.15, -0.1) is 0 Å². The third-order valence-corrected chi connectivity index (χ3v) is 2.59. The highest BCUT2D eigenvalue weighted by Crippen LogP contribution is 2.22. The number of hydrogen-bond donors (Lipinski definition) is 0. The van der Waals surface area contributed by atoms with Crippen molar-refractivity contribution in [2.24, 2.45) is 5.92 Å². The summed E-state index contributed by atoms with van der Waals surface area (Å²) in [5.74, 6) is 0.737. The minimum absolute atomic E-state index is 0.00472. The van der Waals surface area contributed by atoms with Gasteiger partial charge in [-0.2, -0.15) is 0 Å². The van der Waals surface area contributed by atoms with E-state index in [1.165, 1.54) is 5.56 Å². The van der Waals surface area contributed by atoms with E-state index in [0.29, 0.717) is 13.1 Å². The molecule has 0 aromatic heterocycles. The number of carbonyl (C=O) groups excluding carboxylic acids is 1. The Kier molecular flexibility index (Phi) is 4.02. The third-order valence-electron chi connectivity index (χ3n) is 2.59. The van der Waals surface area contributed by atoms with E-state index < -0.39 is 0 Å². The molecule has 0 amide bonds. The average Bonchev–Trinajstić information content (AvgIpc) is 2.89. The Morgan fingerprint density at radius 2 is 2.18 bits per heavy atom. The molecule has 0 saturated carbocycles. The summed E-state index contributed by atoms with van der Waals surface area (Å²) >= 11 is 0. The van der Waals surface area contributed by atoms with Gasteiger partial charge in [-0.05, 0) is 12.0 Å². The summed E-state index contributed by atoms with van der Waals surface area (Å²) in [6.07, 6.45) is 2.34. The molecule has 0 N–H and O–H groups in total. The molecule has 1 unspecified atom stereocenters. The highest BCUT2D eigenvalue weighted by Gasteiger charge is 2.21. The van der Waals surface area contributed by atoms with E-state index in [9.17, 15) is 4.79 Å². The quantitative estimate of drug-likeness (QED) is 0.705. The Hall–Kier alpha value is -1.97. The Morgan fingerprint density at radius 1 is 1.35 bits per heavy atom. The molecule has 4 nitrogen and oxygen atoms in total. The first kappa shape index (κ1) is 11.5.